The van der Waals surface area contributed by atoms with Gasteiger partial charge in [0.05, 0.1) is 5.08 Å². The minimum absolute atomic E-state index is 1.14. The molecule has 0 spiro atoms. The Kier molecular flexibility index (Phi) is 1.77. The Morgan fingerprint density at radius 3 is 2.83 bits per heavy atom. The van der Waals surface area contributed by atoms with Gasteiger partial charge in [0.1, 0.15) is 0 Å². The minimum atomic E-state index is 1.14. The van der Waals surface area contributed by atoms with E-state index in [-0.39, 0.29) is 0 Å². The largest absolute Gasteiger partial charge is 0.335 e. The molecule has 1 N–H and O–H groups in total. The number of hydrogen-bond acceptors (Lipinski definition) is 3. The second kappa shape index (κ2) is 2.42. The predicted octanol–water partition coefficient (Wildman–Crippen LogP) is 1.40. The molecule has 0 aromatic rings. The van der Waals surface area contributed by atoms with Crippen molar-refractivity contribution in [3.8, 4) is 0 Å². The lowest BCUT2D eigenvalue weighted by Gasteiger charge is -2.00. The monoisotopic (exact) mass is 119 g/mol. The Balaban J connectivity index is 2.26. The normalized spacial score (nSPS) is 20.0. The van der Waals surface area contributed by atoms with Gasteiger partial charge in [0, 0.05) is 6.20 Å². The highest BCUT2D eigenvalue weighted by Crippen LogP contribution is 2.13. The average molecular weight is 119 g/mol. The third-order valence-corrected chi connectivity index (χ3v) is 2.09. The van der Waals surface area contributed by atoms with Crippen LogP contribution in [0.4, 0.5) is 0 Å². The molecule has 1 heterocycles. The number of nitrogens with one attached hydrogen (secondary N) is 1. The van der Waals surface area contributed by atoms with Crippen molar-refractivity contribution >= 4 is 23.7 Å². The molecular weight excluding hydrogens is 114 g/mol. The summed E-state index contributed by atoms with van der Waals surface area (Å²) in [5.74, 6) is 0. The van der Waals surface area contributed by atoms with Crippen LogP contribution in [0.5, 0.6) is 0 Å². The van der Waals surface area contributed by atoms with Gasteiger partial charge in [0.15, 0.2) is 0 Å². The van der Waals surface area contributed by atoms with E-state index in [1.54, 1.807) is 11.9 Å². The quantitative estimate of drug-likeness (QED) is 0.484. The molecule has 6 heavy (non-hydrogen) atoms. The van der Waals surface area contributed by atoms with Crippen LogP contribution in [0.15, 0.2) is 11.6 Å². The fourth-order valence-corrected chi connectivity index (χ4v) is 1.50. The zero-order valence-corrected chi connectivity index (χ0v) is 4.81. The molecule has 0 saturated carbocycles. The second-order valence-corrected chi connectivity index (χ2v) is 2.92. The van der Waals surface area contributed by atoms with Crippen LogP contribution >= 0.6 is 23.7 Å². The van der Waals surface area contributed by atoms with Gasteiger partial charge in [-0.2, -0.15) is 0 Å². The molecule has 0 amide bonds. The fourth-order valence-electron chi connectivity index (χ4n) is 0.231. The molecule has 34 valence electrons. The number of hydrogen-bond donors (Lipinski definition) is 1. The Hall–Kier alpha value is 0.240. The molecule has 1 rings (SSSR count). The maximum Gasteiger partial charge on any atom is 0.0632 e. The van der Waals surface area contributed by atoms with Crippen LogP contribution in [-0.2, 0) is 0 Å². The zero-order valence-electron chi connectivity index (χ0n) is 3.18. The molecule has 1 aliphatic heterocycles. The molecule has 0 aromatic heterocycles. The third-order valence-electron chi connectivity index (χ3n) is 0.443. The van der Waals surface area contributed by atoms with Gasteiger partial charge in [0.25, 0.3) is 0 Å². The first-order valence-corrected chi connectivity index (χ1v) is 3.67. The fraction of sp³-hybridized carbons (Fsp3) is 0.333. The van der Waals surface area contributed by atoms with Crippen LogP contribution in [0, 0.1) is 0 Å². The minimum Gasteiger partial charge on any atom is -0.335 e. The molecule has 0 unspecified atom stereocenters. The number of thioether (sulfide) groups is 1. The molecule has 0 saturated heterocycles. The highest BCUT2D eigenvalue weighted by Gasteiger charge is 1.85. The van der Waals surface area contributed by atoms with Gasteiger partial charge in [0.2, 0.25) is 0 Å². The summed E-state index contributed by atoms with van der Waals surface area (Å²) < 4.78 is 3.00. The van der Waals surface area contributed by atoms with Crippen LogP contribution in [0.2, 0.25) is 0 Å². The van der Waals surface area contributed by atoms with Crippen molar-refractivity contribution in [3.05, 3.63) is 11.6 Å². The third kappa shape index (κ3) is 1.14. The molecule has 1 aliphatic rings. The van der Waals surface area contributed by atoms with Gasteiger partial charge >= 0.3 is 0 Å². The lowest BCUT2D eigenvalue weighted by molar-refractivity contribution is 1.43. The van der Waals surface area contributed by atoms with E-state index in [1.807, 2.05) is 18.0 Å². The molecule has 0 bridgehead atoms. The van der Waals surface area contributed by atoms with E-state index in [9.17, 15) is 0 Å². The standard InChI is InChI=1S/C3H5NS2/c1-2-5-3-6-4-1/h1-2,4H,3H2. The Morgan fingerprint density at radius 2 is 2.67 bits per heavy atom. The van der Waals surface area contributed by atoms with Crippen molar-refractivity contribution in [2.75, 3.05) is 5.08 Å². The van der Waals surface area contributed by atoms with Gasteiger partial charge < -0.3 is 4.72 Å². The van der Waals surface area contributed by atoms with E-state index in [1.165, 1.54) is 0 Å². The summed E-state index contributed by atoms with van der Waals surface area (Å²) in [6.07, 6.45) is 1.94. The van der Waals surface area contributed by atoms with Gasteiger partial charge in [-0.05, 0) is 17.4 Å². The molecule has 0 atom stereocenters. The molecule has 3 heteroatoms. The molecule has 0 aromatic carbocycles. The van der Waals surface area contributed by atoms with Gasteiger partial charge in [-0.1, -0.05) is 0 Å². The maximum atomic E-state index is 3.00. The molecule has 0 radical (unpaired) electrons. The van der Waals surface area contributed by atoms with E-state index in [4.69, 9.17) is 0 Å². The molecule has 1 nitrogen and oxygen atoms in total. The van der Waals surface area contributed by atoms with Crippen LogP contribution in [0.3, 0.4) is 0 Å². The maximum absolute atomic E-state index is 3.00. The van der Waals surface area contributed by atoms with Gasteiger partial charge in [-0.25, -0.2) is 0 Å². The topological polar surface area (TPSA) is 12.0 Å². The highest BCUT2D eigenvalue weighted by atomic mass is 32.2. The van der Waals surface area contributed by atoms with Crippen molar-refractivity contribution in [3.63, 3.8) is 0 Å². The van der Waals surface area contributed by atoms with Crippen molar-refractivity contribution in [1.82, 2.24) is 4.72 Å². The van der Waals surface area contributed by atoms with Gasteiger partial charge in [-0.3, -0.25) is 0 Å². The summed E-state index contributed by atoms with van der Waals surface area (Å²) in [5, 5.41) is 3.19. The number of rotatable bonds is 0. The SMILES string of the molecule is C1=CSCSN1. The molecular formula is C3H5NS2. The highest BCUT2D eigenvalue weighted by molar-refractivity contribution is 8.17. The van der Waals surface area contributed by atoms with Crippen LogP contribution < -0.4 is 4.72 Å². The predicted molar refractivity (Wildman–Crippen MR) is 32.3 cm³/mol. The van der Waals surface area contributed by atoms with Gasteiger partial charge in [-0.15, -0.1) is 11.8 Å². The Labute approximate surface area is 45.7 Å². The first-order valence-electron chi connectivity index (χ1n) is 1.64. The first kappa shape index (κ1) is 4.40. The van der Waals surface area contributed by atoms with Crippen LogP contribution in [0.25, 0.3) is 0 Å². The lowest BCUT2D eigenvalue weighted by atomic mass is 11.1. The van der Waals surface area contributed by atoms with Crippen LogP contribution in [-0.4, -0.2) is 5.08 Å². The lowest BCUT2D eigenvalue weighted by Crippen LogP contribution is -1.93. The zero-order chi connectivity index (χ0) is 4.24. The second-order valence-electron chi connectivity index (χ2n) is 0.849. The van der Waals surface area contributed by atoms with Crippen molar-refractivity contribution in [1.29, 1.82) is 0 Å². The van der Waals surface area contributed by atoms with Crippen molar-refractivity contribution < 1.29 is 0 Å². The first-order chi connectivity index (χ1) is 3.00. The van der Waals surface area contributed by atoms with Crippen molar-refractivity contribution in [2.24, 2.45) is 0 Å². The van der Waals surface area contributed by atoms with E-state index < -0.39 is 0 Å². The van der Waals surface area contributed by atoms with Crippen molar-refractivity contribution in [2.45, 2.75) is 0 Å². The smallest absolute Gasteiger partial charge is 0.0632 e. The van der Waals surface area contributed by atoms with Crippen LogP contribution in [0.1, 0.15) is 0 Å². The Bertz CT molecular complexity index is 53.8. The average Bonchev–Trinajstić information content (AvgIpc) is 1.72. The molecule has 0 fully saturated rings. The molecule has 0 aliphatic carbocycles. The van der Waals surface area contributed by atoms with E-state index >= 15 is 0 Å². The summed E-state index contributed by atoms with van der Waals surface area (Å²) >= 11 is 3.54. The van der Waals surface area contributed by atoms with E-state index in [0.29, 0.717) is 0 Å². The van der Waals surface area contributed by atoms with E-state index in [2.05, 4.69) is 10.1 Å². The Morgan fingerprint density at radius 1 is 1.67 bits per heavy atom. The van der Waals surface area contributed by atoms with E-state index in [0.717, 1.165) is 5.08 Å². The summed E-state index contributed by atoms with van der Waals surface area (Å²) in [7, 11) is 0. The summed E-state index contributed by atoms with van der Waals surface area (Å²) in [4.78, 5) is 0. The summed E-state index contributed by atoms with van der Waals surface area (Å²) in [5.41, 5.74) is 0. The summed E-state index contributed by atoms with van der Waals surface area (Å²) in [6, 6.07) is 0. The summed E-state index contributed by atoms with van der Waals surface area (Å²) in [6.45, 7) is 0.